The number of nitrogens with zero attached hydrogens (tertiary/aromatic N) is 7. The van der Waals surface area contributed by atoms with E-state index in [1.807, 2.05) is 16.8 Å². The van der Waals surface area contributed by atoms with Crippen molar-refractivity contribution in [3.63, 3.8) is 0 Å². The second-order valence-electron chi connectivity index (χ2n) is 4.21. The number of hydrogen-bond donors (Lipinski definition) is 2. The Morgan fingerprint density at radius 3 is 2.71 bits per heavy atom. The Kier molecular flexibility index (Phi) is 3.72. The Morgan fingerprint density at radius 1 is 1.10 bits per heavy atom. The van der Waals surface area contributed by atoms with Gasteiger partial charge < -0.3 is 15.2 Å². The highest BCUT2D eigenvalue weighted by Crippen LogP contribution is 2.08. The molecule has 3 heterocycles. The minimum Gasteiger partial charge on any atom is -0.357 e. The highest BCUT2D eigenvalue weighted by Gasteiger charge is 2.07. The normalized spacial score (nSPS) is 10.5. The summed E-state index contributed by atoms with van der Waals surface area (Å²) < 4.78 is 3.56. The fraction of sp³-hybridized carbons (Fsp3) is 0.250. The lowest BCUT2D eigenvalue weighted by atomic mass is 10.6. The van der Waals surface area contributed by atoms with Gasteiger partial charge in [-0.1, -0.05) is 0 Å². The molecule has 9 nitrogen and oxygen atoms in total. The SMILES string of the molecule is CNc1nc(NCCn2ccnc2)nc(-n2cccn2)n1. The Labute approximate surface area is 121 Å². The van der Waals surface area contributed by atoms with Crippen LogP contribution in [-0.2, 0) is 6.54 Å². The van der Waals surface area contributed by atoms with Crippen molar-refractivity contribution >= 4 is 11.9 Å². The van der Waals surface area contributed by atoms with Crippen LogP contribution in [0.25, 0.3) is 5.95 Å². The molecule has 3 aromatic rings. The van der Waals surface area contributed by atoms with Crippen molar-refractivity contribution in [2.24, 2.45) is 0 Å². The largest absolute Gasteiger partial charge is 0.357 e. The number of aromatic nitrogens is 7. The Balaban J connectivity index is 1.73. The fourth-order valence-electron chi connectivity index (χ4n) is 1.76. The molecule has 9 heteroatoms. The van der Waals surface area contributed by atoms with Gasteiger partial charge in [0.1, 0.15) is 0 Å². The lowest BCUT2D eigenvalue weighted by Gasteiger charge is -2.08. The molecule has 108 valence electrons. The molecular weight excluding hydrogens is 270 g/mol. The van der Waals surface area contributed by atoms with E-state index in [9.17, 15) is 0 Å². The predicted octanol–water partition coefficient (Wildman–Crippen LogP) is 0.408. The standard InChI is InChI=1S/C12H15N9/c1-13-10-17-11(15-5-8-20-7-4-14-9-20)19-12(18-10)21-6-2-3-16-21/h2-4,6-7,9H,5,8H2,1H3,(H2,13,15,17,18,19). The molecule has 3 rings (SSSR count). The summed E-state index contributed by atoms with van der Waals surface area (Å²) in [6, 6.07) is 1.81. The summed E-state index contributed by atoms with van der Waals surface area (Å²) in [5.74, 6) is 1.45. The van der Waals surface area contributed by atoms with Gasteiger partial charge in [0, 0.05) is 44.9 Å². The molecule has 0 fully saturated rings. The maximum Gasteiger partial charge on any atom is 0.257 e. The number of nitrogens with one attached hydrogen (secondary N) is 2. The molecule has 0 aromatic carbocycles. The van der Waals surface area contributed by atoms with Crippen LogP contribution in [0.3, 0.4) is 0 Å². The minimum absolute atomic E-state index is 0.462. The quantitative estimate of drug-likeness (QED) is 0.676. The molecule has 21 heavy (non-hydrogen) atoms. The van der Waals surface area contributed by atoms with Crippen LogP contribution in [-0.4, -0.2) is 47.9 Å². The van der Waals surface area contributed by atoms with E-state index in [1.54, 1.807) is 36.6 Å². The van der Waals surface area contributed by atoms with Gasteiger partial charge in [0.2, 0.25) is 11.9 Å². The summed E-state index contributed by atoms with van der Waals surface area (Å²) in [5.41, 5.74) is 0. The molecule has 0 aliphatic heterocycles. The molecule has 0 aliphatic rings. The van der Waals surface area contributed by atoms with Gasteiger partial charge >= 0.3 is 0 Å². The minimum atomic E-state index is 0.462. The molecule has 0 unspecified atom stereocenters. The number of imidazole rings is 1. The summed E-state index contributed by atoms with van der Waals surface area (Å²) in [6.45, 7) is 1.46. The van der Waals surface area contributed by atoms with Crippen LogP contribution in [0.4, 0.5) is 11.9 Å². The fourth-order valence-corrected chi connectivity index (χ4v) is 1.76. The van der Waals surface area contributed by atoms with E-state index in [2.05, 4.69) is 35.7 Å². The second-order valence-corrected chi connectivity index (χ2v) is 4.21. The zero-order chi connectivity index (χ0) is 14.5. The van der Waals surface area contributed by atoms with Crippen LogP contribution < -0.4 is 10.6 Å². The van der Waals surface area contributed by atoms with Gasteiger partial charge in [-0.3, -0.25) is 0 Å². The molecule has 0 spiro atoms. The van der Waals surface area contributed by atoms with Crippen molar-refractivity contribution in [2.75, 3.05) is 24.2 Å². The molecule has 2 N–H and O–H groups in total. The first-order chi connectivity index (χ1) is 10.3. The van der Waals surface area contributed by atoms with Gasteiger partial charge in [-0.15, -0.1) is 0 Å². The van der Waals surface area contributed by atoms with Gasteiger partial charge in [-0.2, -0.15) is 20.1 Å². The van der Waals surface area contributed by atoms with Crippen LogP contribution in [0.2, 0.25) is 0 Å². The molecular formula is C12H15N9. The number of rotatable bonds is 6. The average molecular weight is 285 g/mol. The molecule has 0 aliphatic carbocycles. The third kappa shape index (κ3) is 3.14. The van der Waals surface area contributed by atoms with Gasteiger partial charge in [0.15, 0.2) is 0 Å². The summed E-state index contributed by atoms with van der Waals surface area (Å²) in [5, 5.41) is 10.2. The van der Waals surface area contributed by atoms with Gasteiger partial charge in [-0.25, -0.2) is 9.67 Å². The van der Waals surface area contributed by atoms with Gasteiger partial charge in [0.05, 0.1) is 6.33 Å². The third-order valence-corrected chi connectivity index (χ3v) is 2.77. The topological polar surface area (TPSA) is 98.4 Å². The predicted molar refractivity (Wildman–Crippen MR) is 77.2 cm³/mol. The Hall–Kier alpha value is -2.97. The van der Waals surface area contributed by atoms with Crippen LogP contribution >= 0.6 is 0 Å². The Bertz CT molecular complexity index is 675. The second kappa shape index (κ2) is 5.99. The summed E-state index contributed by atoms with van der Waals surface area (Å²) >= 11 is 0. The summed E-state index contributed by atoms with van der Waals surface area (Å²) in [6.07, 6.45) is 8.88. The molecule has 3 aromatic heterocycles. The summed E-state index contributed by atoms with van der Waals surface area (Å²) in [7, 11) is 1.76. The lowest BCUT2D eigenvalue weighted by Crippen LogP contribution is -2.14. The van der Waals surface area contributed by atoms with Crippen molar-refractivity contribution in [1.82, 2.24) is 34.3 Å². The van der Waals surface area contributed by atoms with Crippen molar-refractivity contribution in [3.05, 3.63) is 37.2 Å². The first-order valence-corrected chi connectivity index (χ1v) is 6.48. The van der Waals surface area contributed by atoms with Crippen molar-refractivity contribution in [2.45, 2.75) is 6.54 Å². The Morgan fingerprint density at radius 2 is 2.00 bits per heavy atom. The molecule has 0 amide bonds. The molecule has 0 bridgehead atoms. The van der Waals surface area contributed by atoms with Crippen LogP contribution in [0, 0.1) is 0 Å². The van der Waals surface area contributed by atoms with E-state index < -0.39 is 0 Å². The van der Waals surface area contributed by atoms with E-state index in [1.165, 1.54) is 0 Å². The molecule has 0 atom stereocenters. The third-order valence-electron chi connectivity index (χ3n) is 2.77. The monoisotopic (exact) mass is 285 g/mol. The highest BCUT2D eigenvalue weighted by atomic mass is 15.4. The zero-order valence-corrected chi connectivity index (χ0v) is 11.5. The van der Waals surface area contributed by atoms with E-state index in [-0.39, 0.29) is 0 Å². The number of anilines is 2. The van der Waals surface area contributed by atoms with E-state index in [0.29, 0.717) is 24.4 Å². The first kappa shape index (κ1) is 13.0. The average Bonchev–Trinajstić information content (AvgIpc) is 3.20. The maximum atomic E-state index is 4.34. The van der Waals surface area contributed by atoms with Crippen LogP contribution in [0.15, 0.2) is 37.2 Å². The van der Waals surface area contributed by atoms with E-state index >= 15 is 0 Å². The first-order valence-electron chi connectivity index (χ1n) is 6.48. The van der Waals surface area contributed by atoms with Crippen LogP contribution in [0.5, 0.6) is 0 Å². The van der Waals surface area contributed by atoms with Crippen molar-refractivity contribution in [3.8, 4) is 5.95 Å². The lowest BCUT2D eigenvalue weighted by molar-refractivity contribution is 0.720. The molecule has 0 radical (unpaired) electrons. The van der Waals surface area contributed by atoms with Crippen molar-refractivity contribution < 1.29 is 0 Å². The van der Waals surface area contributed by atoms with Gasteiger partial charge in [0.25, 0.3) is 5.95 Å². The van der Waals surface area contributed by atoms with E-state index in [0.717, 1.165) is 6.54 Å². The maximum absolute atomic E-state index is 4.34. The smallest absolute Gasteiger partial charge is 0.257 e. The molecule has 0 saturated carbocycles. The van der Waals surface area contributed by atoms with Gasteiger partial charge in [-0.05, 0) is 6.07 Å². The highest BCUT2D eigenvalue weighted by molar-refractivity contribution is 5.37. The van der Waals surface area contributed by atoms with E-state index in [4.69, 9.17) is 0 Å². The van der Waals surface area contributed by atoms with Crippen LogP contribution in [0.1, 0.15) is 0 Å². The summed E-state index contributed by atoms with van der Waals surface area (Å²) in [4.78, 5) is 16.9. The number of hydrogen-bond acceptors (Lipinski definition) is 7. The zero-order valence-electron chi connectivity index (χ0n) is 11.5. The molecule has 0 saturated heterocycles. The van der Waals surface area contributed by atoms with Crippen molar-refractivity contribution in [1.29, 1.82) is 0 Å².